The molecule has 0 radical (unpaired) electrons. The molecule has 0 aliphatic heterocycles. The molecule has 2 N–H and O–H groups in total. The van der Waals surface area contributed by atoms with Gasteiger partial charge >= 0.3 is 0 Å². The molecule has 2 rings (SSSR count). The molecule has 0 bridgehead atoms. The number of hydrogen-bond acceptors (Lipinski definition) is 5. The largest absolute Gasteiger partial charge is 0.504 e. The number of methoxy groups -OCH3 is 1. The van der Waals surface area contributed by atoms with Gasteiger partial charge in [-0.2, -0.15) is 0 Å². The zero-order valence-electron chi connectivity index (χ0n) is 11.8. The number of phenols is 1. The summed E-state index contributed by atoms with van der Waals surface area (Å²) in [6.45, 7) is 2.05. The normalized spacial score (nSPS) is 10.2. The summed E-state index contributed by atoms with van der Waals surface area (Å²) in [5.74, 6) is 0.398. The van der Waals surface area contributed by atoms with Gasteiger partial charge in [0.25, 0.3) is 5.69 Å². The molecule has 110 valence electrons. The minimum atomic E-state index is -0.430. The number of para-hydroxylation sites is 1. The van der Waals surface area contributed by atoms with Gasteiger partial charge in [0, 0.05) is 18.2 Å². The third-order valence-corrected chi connectivity index (χ3v) is 3.12. The zero-order valence-corrected chi connectivity index (χ0v) is 11.8. The van der Waals surface area contributed by atoms with Crippen LogP contribution in [0, 0.1) is 17.0 Å². The average molecular weight is 288 g/mol. The van der Waals surface area contributed by atoms with Crippen molar-refractivity contribution in [3.8, 4) is 11.5 Å². The van der Waals surface area contributed by atoms with E-state index >= 15 is 0 Å². The van der Waals surface area contributed by atoms with E-state index in [4.69, 9.17) is 4.74 Å². The predicted molar refractivity (Wildman–Crippen MR) is 79.8 cm³/mol. The van der Waals surface area contributed by atoms with Gasteiger partial charge in [-0.1, -0.05) is 18.2 Å². The number of anilines is 1. The number of rotatable bonds is 5. The van der Waals surface area contributed by atoms with Crippen molar-refractivity contribution in [2.24, 2.45) is 0 Å². The van der Waals surface area contributed by atoms with Crippen molar-refractivity contribution in [1.29, 1.82) is 0 Å². The van der Waals surface area contributed by atoms with Crippen molar-refractivity contribution in [3.05, 3.63) is 57.6 Å². The minimum Gasteiger partial charge on any atom is -0.504 e. The van der Waals surface area contributed by atoms with E-state index in [0.717, 1.165) is 5.56 Å². The van der Waals surface area contributed by atoms with Gasteiger partial charge in [-0.3, -0.25) is 10.1 Å². The SMILES string of the molecule is COc1cccc(CNc2ccc(C)cc2[N+](=O)[O-])c1O. The molecule has 21 heavy (non-hydrogen) atoms. The number of benzene rings is 2. The fraction of sp³-hybridized carbons (Fsp3) is 0.200. The van der Waals surface area contributed by atoms with Crippen LogP contribution in [0.1, 0.15) is 11.1 Å². The monoisotopic (exact) mass is 288 g/mol. The molecular formula is C15H16N2O4. The van der Waals surface area contributed by atoms with Crippen LogP contribution < -0.4 is 10.1 Å². The van der Waals surface area contributed by atoms with E-state index in [1.807, 2.05) is 0 Å². The lowest BCUT2D eigenvalue weighted by atomic mass is 10.1. The second-order valence-electron chi connectivity index (χ2n) is 4.60. The molecule has 2 aromatic carbocycles. The Kier molecular flexibility index (Phi) is 4.27. The fourth-order valence-electron chi connectivity index (χ4n) is 2.01. The van der Waals surface area contributed by atoms with Crippen molar-refractivity contribution in [2.75, 3.05) is 12.4 Å². The number of ether oxygens (including phenoxy) is 1. The maximum absolute atomic E-state index is 11.0. The highest BCUT2D eigenvalue weighted by atomic mass is 16.6. The number of hydrogen-bond donors (Lipinski definition) is 2. The first-order valence-electron chi connectivity index (χ1n) is 6.36. The predicted octanol–water partition coefficient (Wildman–Crippen LogP) is 3.23. The summed E-state index contributed by atoms with van der Waals surface area (Å²) in [7, 11) is 1.47. The average Bonchev–Trinajstić information content (AvgIpc) is 2.47. The molecule has 2 aromatic rings. The summed E-state index contributed by atoms with van der Waals surface area (Å²) in [5.41, 5.74) is 1.84. The maximum atomic E-state index is 11.0. The second-order valence-corrected chi connectivity index (χ2v) is 4.60. The van der Waals surface area contributed by atoms with Gasteiger partial charge in [-0.15, -0.1) is 0 Å². The molecule has 0 fully saturated rings. The second kappa shape index (κ2) is 6.13. The molecule has 0 atom stereocenters. The molecule has 0 saturated carbocycles. The van der Waals surface area contributed by atoms with Gasteiger partial charge in [0.05, 0.1) is 12.0 Å². The summed E-state index contributed by atoms with van der Waals surface area (Å²) in [6.07, 6.45) is 0. The van der Waals surface area contributed by atoms with Gasteiger partial charge in [0.15, 0.2) is 11.5 Å². The summed E-state index contributed by atoms with van der Waals surface area (Å²) in [5, 5.41) is 24.0. The zero-order chi connectivity index (χ0) is 15.4. The first-order valence-corrected chi connectivity index (χ1v) is 6.36. The van der Waals surface area contributed by atoms with Crippen LogP contribution in [0.4, 0.5) is 11.4 Å². The van der Waals surface area contributed by atoms with Crippen LogP contribution in [0.2, 0.25) is 0 Å². The minimum absolute atomic E-state index is 0.0115. The Morgan fingerprint density at radius 3 is 2.76 bits per heavy atom. The molecule has 0 aliphatic rings. The maximum Gasteiger partial charge on any atom is 0.292 e. The first-order chi connectivity index (χ1) is 10.0. The molecule has 6 heteroatoms. The Morgan fingerprint density at radius 1 is 1.33 bits per heavy atom. The van der Waals surface area contributed by atoms with Crippen LogP contribution in [-0.4, -0.2) is 17.1 Å². The fourth-order valence-corrected chi connectivity index (χ4v) is 2.01. The molecule has 0 heterocycles. The van der Waals surface area contributed by atoms with Crippen LogP contribution in [0.15, 0.2) is 36.4 Å². The number of aryl methyl sites for hydroxylation is 1. The van der Waals surface area contributed by atoms with Crippen molar-refractivity contribution >= 4 is 11.4 Å². The lowest BCUT2D eigenvalue weighted by Crippen LogP contribution is -2.03. The van der Waals surface area contributed by atoms with E-state index in [-0.39, 0.29) is 18.0 Å². The van der Waals surface area contributed by atoms with E-state index < -0.39 is 4.92 Å². The lowest BCUT2D eigenvalue weighted by Gasteiger charge is -2.11. The molecule has 0 spiro atoms. The Labute approximate surface area is 122 Å². The number of phenolic OH excluding ortho intramolecular Hbond substituents is 1. The van der Waals surface area contributed by atoms with Crippen LogP contribution in [0.25, 0.3) is 0 Å². The van der Waals surface area contributed by atoms with Crippen molar-refractivity contribution in [2.45, 2.75) is 13.5 Å². The third kappa shape index (κ3) is 3.22. The Hall–Kier alpha value is -2.76. The number of aromatic hydroxyl groups is 1. The topological polar surface area (TPSA) is 84.6 Å². The van der Waals surface area contributed by atoms with E-state index in [9.17, 15) is 15.2 Å². The van der Waals surface area contributed by atoms with Gasteiger partial charge in [-0.25, -0.2) is 0 Å². The van der Waals surface area contributed by atoms with E-state index in [2.05, 4.69) is 5.32 Å². The van der Waals surface area contributed by atoms with Gasteiger partial charge < -0.3 is 15.2 Å². The summed E-state index contributed by atoms with van der Waals surface area (Å²) in [6, 6.07) is 10.1. The first kappa shape index (κ1) is 14.6. The lowest BCUT2D eigenvalue weighted by molar-refractivity contribution is -0.384. The molecule has 0 saturated heterocycles. The van der Waals surface area contributed by atoms with Gasteiger partial charge in [0.2, 0.25) is 0 Å². The Bertz CT molecular complexity index is 671. The smallest absolute Gasteiger partial charge is 0.292 e. The molecular weight excluding hydrogens is 272 g/mol. The van der Waals surface area contributed by atoms with Crippen molar-refractivity contribution in [3.63, 3.8) is 0 Å². The van der Waals surface area contributed by atoms with E-state index in [0.29, 0.717) is 17.0 Å². The van der Waals surface area contributed by atoms with E-state index in [1.165, 1.54) is 13.2 Å². The summed E-state index contributed by atoms with van der Waals surface area (Å²) < 4.78 is 5.03. The number of nitrogens with zero attached hydrogens (tertiary/aromatic N) is 1. The van der Waals surface area contributed by atoms with Crippen LogP contribution in [-0.2, 0) is 6.54 Å². The highest BCUT2D eigenvalue weighted by Gasteiger charge is 2.14. The van der Waals surface area contributed by atoms with Gasteiger partial charge in [-0.05, 0) is 24.6 Å². The number of nitro benzene ring substituents is 1. The van der Waals surface area contributed by atoms with Crippen LogP contribution >= 0.6 is 0 Å². The molecule has 0 aromatic heterocycles. The van der Waals surface area contributed by atoms with Gasteiger partial charge in [0.1, 0.15) is 5.69 Å². The standard InChI is InChI=1S/C15H16N2O4/c1-10-6-7-12(13(8-10)17(19)20)16-9-11-4-3-5-14(21-2)15(11)18/h3-8,16,18H,9H2,1-2H3. The Balaban J connectivity index is 2.23. The van der Waals surface area contributed by atoms with Crippen LogP contribution in [0.3, 0.4) is 0 Å². The number of nitrogens with one attached hydrogen (secondary N) is 1. The van der Waals surface area contributed by atoms with Crippen molar-refractivity contribution < 1.29 is 14.8 Å². The summed E-state index contributed by atoms with van der Waals surface area (Å²) in [4.78, 5) is 10.6. The summed E-state index contributed by atoms with van der Waals surface area (Å²) >= 11 is 0. The highest BCUT2D eigenvalue weighted by Crippen LogP contribution is 2.31. The molecule has 0 unspecified atom stereocenters. The highest BCUT2D eigenvalue weighted by molar-refractivity contribution is 5.63. The van der Waals surface area contributed by atoms with Crippen LogP contribution in [0.5, 0.6) is 11.5 Å². The molecule has 0 aliphatic carbocycles. The van der Waals surface area contributed by atoms with Crippen molar-refractivity contribution in [1.82, 2.24) is 0 Å². The quantitative estimate of drug-likeness (QED) is 0.651. The third-order valence-electron chi connectivity index (χ3n) is 3.12. The Morgan fingerprint density at radius 2 is 2.10 bits per heavy atom. The molecule has 6 nitrogen and oxygen atoms in total. The van der Waals surface area contributed by atoms with E-state index in [1.54, 1.807) is 37.3 Å². The molecule has 0 amide bonds. The number of nitro groups is 1.